The lowest BCUT2D eigenvalue weighted by Crippen LogP contribution is -2.15. The minimum Gasteiger partial charge on any atom is -0.331 e. The summed E-state index contributed by atoms with van der Waals surface area (Å²) in [7, 11) is 0. The van der Waals surface area contributed by atoms with E-state index in [-0.39, 0.29) is 11.9 Å². The zero-order valence-electron chi connectivity index (χ0n) is 11.6. The number of imidazole rings is 1. The minimum absolute atomic E-state index is 0.116. The predicted molar refractivity (Wildman–Crippen MR) is 97.1 cm³/mol. The molecule has 0 saturated carbocycles. The summed E-state index contributed by atoms with van der Waals surface area (Å²) in [6, 6.07) is 7.65. The highest BCUT2D eigenvalue weighted by molar-refractivity contribution is 14.1. The molecule has 1 aromatic carbocycles. The number of thiophene rings is 1. The Morgan fingerprint density at radius 1 is 1.38 bits per heavy atom. The molecule has 6 heteroatoms. The monoisotopic (exact) mass is 432 g/mol. The van der Waals surface area contributed by atoms with Gasteiger partial charge in [-0.2, -0.15) is 0 Å². The fraction of sp³-hybridized carbons (Fsp3) is 0.267. The first-order valence-corrected chi connectivity index (χ1v) is 8.98. The van der Waals surface area contributed by atoms with Crippen molar-refractivity contribution in [2.24, 2.45) is 5.92 Å². The molecule has 0 fully saturated rings. The highest BCUT2D eigenvalue weighted by atomic mass is 127. The molecule has 1 atom stereocenters. The van der Waals surface area contributed by atoms with Gasteiger partial charge in [-0.25, -0.2) is 4.39 Å². The second kappa shape index (κ2) is 5.81. The molecule has 0 aliphatic rings. The van der Waals surface area contributed by atoms with Crippen LogP contribution in [-0.4, -0.2) is 9.55 Å². The fourth-order valence-electron chi connectivity index (χ4n) is 2.61. The predicted octanol–water partition coefficient (Wildman–Crippen LogP) is 5.75. The summed E-state index contributed by atoms with van der Waals surface area (Å²) in [6.07, 6.45) is 0. The van der Waals surface area contributed by atoms with Crippen LogP contribution in [-0.2, 0) is 0 Å². The summed E-state index contributed by atoms with van der Waals surface area (Å²) in [4.78, 5) is 4.44. The van der Waals surface area contributed by atoms with Gasteiger partial charge in [0, 0.05) is 10.9 Å². The lowest BCUT2D eigenvalue weighted by molar-refractivity contribution is 0.448. The van der Waals surface area contributed by atoms with Gasteiger partial charge in [-0.1, -0.05) is 19.9 Å². The molecule has 0 aliphatic heterocycles. The van der Waals surface area contributed by atoms with Crippen molar-refractivity contribution >= 4 is 57.2 Å². The third-order valence-corrected chi connectivity index (χ3v) is 5.57. The number of benzene rings is 1. The highest BCUT2D eigenvalue weighted by Gasteiger charge is 2.22. The van der Waals surface area contributed by atoms with Crippen molar-refractivity contribution in [1.82, 2.24) is 9.55 Å². The van der Waals surface area contributed by atoms with Crippen LogP contribution in [0.25, 0.3) is 11.0 Å². The Labute approximate surface area is 145 Å². The van der Waals surface area contributed by atoms with Crippen molar-refractivity contribution in [3.05, 3.63) is 48.7 Å². The maximum Gasteiger partial charge on any atom is 0.178 e. The van der Waals surface area contributed by atoms with Crippen LogP contribution in [0.5, 0.6) is 0 Å². The number of aromatic nitrogens is 2. The van der Waals surface area contributed by atoms with Crippen LogP contribution in [0.4, 0.5) is 4.39 Å². The molecule has 1 unspecified atom stereocenters. The first-order valence-electron chi connectivity index (χ1n) is 6.61. The van der Waals surface area contributed by atoms with E-state index in [9.17, 15) is 4.39 Å². The molecule has 2 aromatic heterocycles. The average Bonchev–Trinajstić information content (AvgIpc) is 3.01. The molecular formula is C15H14FIN2S2. The first kappa shape index (κ1) is 15.2. The van der Waals surface area contributed by atoms with Gasteiger partial charge in [-0.15, -0.1) is 11.3 Å². The third kappa shape index (κ3) is 2.68. The number of H-pyrrole nitrogens is 1. The SMILES string of the molecule is CC(C)C(c1cccs1)n1c(=S)[nH]c2cc(I)c(F)cc21. The first-order chi connectivity index (χ1) is 9.99. The Balaban J connectivity index is 2.30. The standard InChI is InChI=1S/C15H14FIN2S2/c1-8(2)14(13-4-3-5-21-13)19-12-6-9(16)10(17)7-11(12)18-15(19)20/h3-8,14H,1-2H3,(H,18,20). The van der Waals surface area contributed by atoms with Crippen LogP contribution in [0.15, 0.2) is 29.6 Å². The average molecular weight is 432 g/mol. The molecule has 0 aliphatic carbocycles. The Morgan fingerprint density at radius 2 is 2.14 bits per heavy atom. The van der Waals surface area contributed by atoms with Crippen molar-refractivity contribution in [2.75, 3.05) is 0 Å². The van der Waals surface area contributed by atoms with E-state index in [0.29, 0.717) is 14.3 Å². The molecule has 0 spiro atoms. The van der Waals surface area contributed by atoms with Gasteiger partial charge >= 0.3 is 0 Å². The molecular weight excluding hydrogens is 418 g/mol. The summed E-state index contributed by atoms with van der Waals surface area (Å²) < 4.78 is 17.3. The lowest BCUT2D eigenvalue weighted by atomic mass is 10.0. The normalized spacial score (nSPS) is 13.2. The molecule has 3 aromatic rings. The van der Waals surface area contributed by atoms with E-state index in [1.54, 1.807) is 17.4 Å². The van der Waals surface area contributed by atoms with Crippen LogP contribution in [0.3, 0.4) is 0 Å². The summed E-state index contributed by atoms with van der Waals surface area (Å²) in [6.45, 7) is 4.32. The van der Waals surface area contributed by atoms with Crippen molar-refractivity contribution in [3.8, 4) is 0 Å². The van der Waals surface area contributed by atoms with Crippen molar-refractivity contribution in [3.63, 3.8) is 0 Å². The Bertz CT molecular complexity index is 833. The molecule has 2 nitrogen and oxygen atoms in total. The Morgan fingerprint density at radius 3 is 2.76 bits per heavy atom. The molecule has 2 heterocycles. The number of rotatable bonds is 3. The van der Waals surface area contributed by atoms with Crippen LogP contribution in [0.2, 0.25) is 0 Å². The maximum atomic E-state index is 14.0. The van der Waals surface area contributed by atoms with Gasteiger partial charge in [-0.05, 0) is 58.2 Å². The van der Waals surface area contributed by atoms with E-state index >= 15 is 0 Å². The van der Waals surface area contributed by atoms with Gasteiger partial charge in [-0.3, -0.25) is 0 Å². The second-order valence-corrected chi connectivity index (χ2v) is 7.82. The lowest BCUT2D eigenvalue weighted by Gasteiger charge is -2.22. The number of halogens is 2. The van der Waals surface area contributed by atoms with Crippen molar-refractivity contribution in [2.45, 2.75) is 19.9 Å². The number of hydrogen-bond acceptors (Lipinski definition) is 2. The smallest absolute Gasteiger partial charge is 0.178 e. The molecule has 0 radical (unpaired) electrons. The van der Waals surface area contributed by atoms with Gasteiger partial charge in [0.2, 0.25) is 0 Å². The molecule has 21 heavy (non-hydrogen) atoms. The van der Waals surface area contributed by atoms with Crippen LogP contribution in [0.1, 0.15) is 24.8 Å². The summed E-state index contributed by atoms with van der Waals surface area (Å²) >= 11 is 9.20. The molecule has 0 amide bonds. The van der Waals surface area contributed by atoms with Gasteiger partial charge in [0.15, 0.2) is 4.77 Å². The van der Waals surface area contributed by atoms with Crippen LogP contribution in [0, 0.1) is 20.1 Å². The number of aromatic amines is 1. The van der Waals surface area contributed by atoms with Crippen LogP contribution < -0.4 is 0 Å². The van der Waals surface area contributed by atoms with Crippen molar-refractivity contribution < 1.29 is 4.39 Å². The minimum atomic E-state index is -0.209. The zero-order valence-corrected chi connectivity index (χ0v) is 15.4. The van der Waals surface area contributed by atoms with Gasteiger partial charge in [0.1, 0.15) is 5.82 Å². The zero-order chi connectivity index (χ0) is 15.1. The summed E-state index contributed by atoms with van der Waals surface area (Å²) in [5.74, 6) is 0.149. The van der Waals surface area contributed by atoms with Gasteiger partial charge in [0.05, 0.1) is 20.6 Å². The quantitative estimate of drug-likeness (QED) is 0.413. The van der Waals surface area contributed by atoms with Gasteiger partial charge in [0.25, 0.3) is 0 Å². The Kier molecular flexibility index (Phi) is 4.20. The van der Waals surface area contributed by atoms with E-state index in [0.717, 1.165) is 11.0 Å². The molecule has 0 bridgehead atoms. The molecule has 0 saturated heterocycles. The van der Waals surface area contributed by atoms with E-state index in [1.165, 1.54) is 4.88 Å². The summed E-state index contributed by atoms with van der Waals surface area (Å²) in [5.41, 5.74) is 1.71. The van der Waals surface area contributed by atoms with E-state index < -0.39 is 0 Å². The largest absolute Gasteiger partial charge is 0.331 e. The third-order valence-electron chi connectivity index (χ3n) is 3.50. The fourth-order valence-corrected chi connectivity index (χ4v) is 4.39. The molecule has 110 valence electrons. The maximum absolute atomic E-state index is 14.0. The number of hydrogen-bond donors (Lipinski definition) is 1. The topological polar surface area (TPSA) is 20.7 Å². The van der Waals surface area contributed by atoms with E-state index in [2.05, 4.69) is 30.3 Å². The number of nitrogens with zero attached hydrogens (tertiary/aromatic N) is 1. The molecule has 3 rings (SSSR count). The van der Waals surface area contributed by atoms with Gasteiger partial charge < -0.3 is 9.55 Å². The van der Waals surface area contributed by atoms with E-state index in [4.69, 9.17) is 12.2 Å². The van der Waals surface area contributed by atoms with Crippen molar-refractivity contribution in [1.29, 1.82) is 0 Å². The number of nitrogens with one attached hydrogen (secondary N) is 1. The number of fused-ring (bicyclic) bond motifs is 1. The highest BCUT2D eigenvalue weighted by Crippen LogP contribution is 2.34. The summed E-state index contributed by atoms with van der Waals surface area (Å²) in [5, 5.41) is 2.06. The van der Waals surface area contributed by atoms with Crippen LogP contribution >= 0.6 is 46.1 Å². The second-order valence-electron chi connectivity index (χ2n) is 5.29. The van der Waals surface area contributed by atoms with E-state index in [1.807, 2.05) is 39.3 Å². The molecule has 1 N–H and O–H groups in total. The Hall–Kier alpha value is -0.730.